The Morgan fingerprint density at radius 3 is 2.83 bits per heavy atom. The largest absolute Gasteiger partial charge is 0.378 e. The van der Waals surface area contributed by atoms with Crippen LogP contribution in [-0.2, 0) is 16.6 Å². The smallest absolute Gasteiger partial charge is 0.254 e. The van der Waals surface area contributed by atoms with E-state index in [4.69, 9.17) is 4.74 Å². The predicted molar refractivity (Wildman–Crippen MR) is 87.5 cm³/mol. The number of nitrogens with zero attached hydrogens (tertiary/aromatic N) is 4. The van der Waals surface area contributed by atoms with Crippen molar-refractivity contribution in [1.82, 2.24) is 24.9 Å². The van der Waals surface area contributed by atoms with E-state index in [1.54, 1.807) is 24.1 Å². The molecule has 0 radical (unpaired) electrons. The molecule has 2 amide bonds. The highest BCUT2D eigenvalue weighted by Crippen LogP contribution is 2.12. The Balaban J connectivity index is 1.48. The predicted octanol–water partition coefficient (Wildman–Crippen LogP) is -0.527. The molecule has 3 rings (SSSR count). The fraction of sp³-hybridized carbons (Fsp3) is 0.688. The molecule has 8 nitrogen and oxygen atoms in total. The summed E-state index contributed by atoms with van der Waals surface area (Å²) in [5.74, 6) is 0.0481. The molecule has 24 heavy (non-hydrogen) atoms. The van der Waals surface area contributed by atoms with Gasteiger partial charge in [-0.1, -0.05) is 0 Å². The second-order valence-corrected chi connectivity index (χ2v) is 6.44. The van der Waals surface area contributed by atoms with Crippen LogP contribution in [0.2, 0.25) is 0 Å². The van der Waals surface area contributed by atoms with Crippen LogP contribution in [-0.4, -0.2) is 83.4 Å². The van der Waals surface area contributed by atoms with Crippen LogP contribution < -0.4 is 5.32 Å². The lowest BCUT2D eigenvalue weighted by molar-refractivity contribution is -0.136. The maximum atomic E-state index is 12.3. The molecule has 132 valence electrons. The minimum Gasteiger partial charge on any atom is -0.378 e. The second-order valence-electron chi connectivity index (χ2n) is 6.44. The van der Waals surface area contributed by atoms with Gasteiger partial charge in [0.25, 0.3) is 5.91 Å². The molecule has 2 saturated heterocycles. The molecule has 0 aromatic carbocycles. The minimum atomic E-state index is -0.102. The third kappa shape index (κ3) is 4.33. The fourth-order valence-corrected chi connectivity index (χ4v) is 3.23. The van der Waals surface area contributed by atoms with E-state index in [9.17, 15) is 9.59 Å². The molecule has 8 heteroatoms. The highest BCUT2D eigenvalue weighted by atomic mass is 16.5. The first-order chi connectivity index (χ1) is 11.6. The molecule has 0 saturated carbocycles. The molecule has 3 heterocycles. The summed E-state index contributed by atoms with van der Waals surface area (Å²) in [6.45, 7) is 4.61. The number of ether oxygens (including phenoxy) is 1. The van der Waals surface area contributed by atoms with E-state index in [-0.39, 0.29) is 17.9 Å². The second kappa shape index (κ2) is 7.76. The number of rotatable bonds is 4. The van der Waals surface area contributed by atoms with Gasteiger partial charge in [0, 0.05) is 38.9 Å². The number of hydrogen-bond acceptors (Lipinski definition) is 5. The Hall–Kier alpha value is -1.93. The lowest BCUT2D eigenvalue weighted by Crippen LogP contribution is -2.51. The highest BCUT2D eigenvalue weighted by molar-refractivity contribution is 5.93. The van der Waals surface area contributed by atoms with Crippen molar-refractivity contribution >= 4 is 11.8 Å². The van der Waals surface area contributed by atoms with E-state index >= 15 is 0 Å². The van der Waals surface area contributed by atoms with Crippen molar-refractivity contribution in [1.29, 1.82) is 0 Å². The van der Waals surface area contributed by atoms with Crippen LogP contribution in [0.15, 0.2) is 12.4 Å². The molecule has 0 aliphatic carbocycles. The molecule has 0 bridgehead atoms. The number of piperidine rings is 1. The first kappa shape index (κ1) is 16.9. The quantitative estimate of drug-likeness (QED) is 0.800. The molecule has 2 aliphatic rings. The summed E-state index contributed by atoms with van der Waals surface area (Å²) in [6, 6.07) is 0.0731. The van der Waals surface area contributed by atoms with Gasteiger partial charge in [-0.3, -0.25) is 19.2 Å². The number of carbonyl (C=O) groups excluding carboxylic acids is 2. The summed E-state index contributed by atoms with van der Waals surface area (Å²) < 4.78 is 6.90. The molecule has 2 fully saturated rings. The zero-order chi connectivity index (χ0) is 16.9. The average Bonchev–Trinajstić information content (AvgIpc) is 3.02. The molecule has 0 spiro atoms. The Bertz CT molecular complexity index is 582. The van der Waals surface area contributed by atoms with Crippen molar-refractivity contribution in [2.24, 2.45) is 7.05 Å². The van der Waals surface area contributed by atoms with Gasteiger partial charge in [-0.2, -0.15) is 5.10 Å². The van der Waals surface area contributed by atoms with Crippen molar-refractivity contribution in [2.45, 2.75) is 18.9 Å². The van der Waals surface area contributed by atoms with Crippen LogP contribution >= 0.6 is 0 Å². The topological polar surface area (TPSA) is 79.7 Å². The third-order valence-corrected chi connectivity index (χ3v) is 4.53. The van der Waals surface area contributed by atoms with Gasteiger partial charge in [-0.05, 0) is 19.4 Å². The Morgan fingerprint density at radius 2 is 2.12 bits per heavy atom. The molecule has 1 atom stereocenters. The molecular formula is C16H25N5O3. The first-order valence-electron chi connectivity index (χ1n) is 8.49. The van der Waals surface area contributed by atoms with Crippen molar-refractivity contribution in [2.75, 3.05) is 45.9 Å². The zero-order valence-corrected chi connectivity index (χ0v) is 14.1. The number of likely N-dealkylation sites (tertiary alicyclic amines) is 1. The SMILES string of the molecule is Cn1cc(C(=O)NC2CCCN(CC(=O)N3CCOCC3)C2)cn1. The Labute approximate surface area is 141 Å². The Morgan fingerprint density at radius 1 is 1.33 bits per heavy atom. The van der Waals surface area contributed by atoms with Crippen molar-refractivity contribution in [3.05, 3.63) is 18.0 Å². The normalized spacial score (nSPS) is 22.4. The number of morpholine rings is 1. The molecule has 2 aliphatic heterocycles. The molecule has 1 aromatic heterocycles. The fourth-order valence-electron chi connectivity index (χ4n) is 3.23. The van der Waals surface area contributed by atoms with Gasteiger partial charge in [-0.15, -0.1) is 0 Å². The molecule has 1 N–H and O–H groups in total. The molecule has 1 aromatic rings. The standard InChI is InChI=1S/C16H25N5O3/c1-19-10-13(9-17-19)16(23)18-14-3-2-4-20(11-14)12-15(22)21-5-7-24-8-6-21/h9-10,14H,2-8,11-12H2,1H3,(H,18,23). The van der Waals surface area contributed by atoms with Gasteiger partial charge in [0.1, 0.15) is 0 Å². The van der Waals surface area contributed by atoms with Crippen molar-refractivity contribution in [3.63, 3.8) is 0 Å². The van der Waals surface area contributed by atoms with E-state index in [0.717, 1.165) is 19.4 Å². The van der Waals surface area contributed by atoms with Gasteiger partial charge in [0.15, 0.2) is 0 Å². The number of amides is 2. The number of nitrogens with one attached hydrogen (secondary N) is 1. The van der Waals surface area contributed by atoms with Crippen LogP contribution in [0.1, 0.15) is 23.2 Å². The monoisotopic (exact) mass is 335 g/mol. The summed E-state index contributed by atoms with van der Waals surface area (Å²) in [6.07, 6.45) is 5.19. The van der Waals surface area contributed by atoms with Gasteiger partial charge < -0.3 is 15.0 Å². The van der Waals surface area contributed by atoms with Gasteiger partial charge >= 0.3 is 0 Å². The van der Waals surface area contributed by atoms with Crippen molar-refractivity contribution < 1.29 is 14.3 Å². The van der Waals surface area contributed by atoms with E-state index in [1.807, 2.05) is 4.90 Å². The number of carbonyl (C=O) groups is 2. The highest BCUT2D eigenvalue weighted by Gasteiger charge is 2.25. The summed E-state index contributed by atoms with van der Waals surface area (Å²) in [4.78, 5) is 28.6. The molecular weight excluding hydrogens is 310 g/mol. The number of aromatic nitrogens is 2. The van der Waals surface area contributed by atoms with E-state index in [1.165, 1.54) is 0 Å². The van der Waals surface area contributed by atoms with E-state index in [0.29, 0.717) is 45.0 Å². The van der Waals surface area contributed by atoms with Crippen LogP contribution in [0.4, 0.5) is 0 Å². The maximum Gasteiger partial charge on any atom is 0.254 e. The van der Waals surface area contributed by atoms with Gasteiger partial charge in [-0.25, -0.2) is 0 Å². The van der Waals surface area contributed by atoms with E-state index < -0.39 is 0 Å². The number of hydrogen-bond donors (Lipinski definition) is 1. The van der Waals surface area contributed by atoms with Crippen LogP contribution in [0.5, 0.6) is 0 Å². The summed E-state index contributed by atoms with van der Waals surface area (Å²) in [5.41, 5.74) is 0.569. The minimum absolute atomic E-state index is 0.0731. The maximum absolute atomic E-state index is 12.3. The zero-order valence-electron chi connectivity index (χ0n) is 14.1. The summed E-state index contributed by atoms with van der Waals surface area (Å²) in [7, 11) is 1.79. The molecule has 1 unspecified atom stereocenters. The van der Waals surface area contributed by atoms with Crippen molar-refractivity contribution in [3.8, 4) is 0 Å². The third-order valence-electron chi connectivity index (χ3n) is 4.53. The van der Waals surface area contributed by atoms with E-state index in [2.05, 4.69) is 15.3 Å². The van der Waals surface area contributed by atoms with Crippen LogP contribution in [0.3, 0.4) is 0 Å². The summed E-state index contributed by atoms with van der Waals surface area (Å²) >= 11 is 0. The average molecular weight is 335 g/mol. The van der Waals surface area contributed by atoms with Gasteiger partial charge in [0.2, 0.25) is 5.91 Å². The van der Waals surface area contributed by atoms with Gasteiger partial charge in [0.05, 0.1) is 31.5 Å². The lowest BCUT2D eigenvalue weighted by atomic mass is 10.1. The number of aryl methyl sites for hydroxylation is 1. The van der Waals surface area contributed by atoms with Crippen LogP contribution in [0.25, 0.3) is 0 Å². The lowest BCUT2D eigenvalue weighted by Gasteiger charge is -2.35. The van der Waals surface area contributed by atoms with Crippen LogP contribution in [0, 0.1) is 0 Å². The summed E-state index contributed by atoms with van der Waals surface area (Å²) in [5, 5.41) is 7.07. The Kier molecular flexibility index (Phi) is 5.47. The first-order valence-corrected chi connectivity index (χ1v) is 8.49.